The molecule has 0 saturated heterocycles. The summed E-state index contributed by atoms with van der Waals surface area (Å²) in [6, 6.07) is 45.9. The van der Waals surface area contributed by atoms with Crippen molar-refractivity contribution in [3.05, 3.63) is 140 Å². The third-order valence-electron chi connectivity index (χ3n) is 10.3. The molecule has 5 nitrogen and oxygen atoms in total. The molecule has 10 rings (SSSR count). The molecule has 55 heavy (non-hydrogen) atoms. The van der Waals surface area contributed by atoms with Gasteiger partial charge in [0, 0.05) is 38.4 Å². The summed E-state index contributed by atoms with van der Waals surface area (Å²) < 4.78 is 8.69. The molecule has 10 heteroatoms. The Morgan fingerprint density at radius 1 is 0.418 bits per heavy atom. The van der Waals surface area contributed by atoms with E-state index < -0.39 is 0 Å². The third-order valence-corrected chi connectivity index (χ3v) is 10.3. The van der Waals surface area contributed by atoms with Gasteiger partial charge in [0.25, 0.3) is 0 Å². The zero-order valence-electron chi connectivity index (χ0n) is 29.4. The van der Waals surface area contributed by atoms with E-state index in [0.29, 0.717) is 61.6 Å². The standard InChI is InChI=1S/C45H23B5N4O/c46-31-23-30(45-52-43(25-14-5-2-6-15-25)51-44(53-45)27-17-11-16-26(22-27)24-12-3-1-4-13-24)41-34(36(31)47)35-37(48)40(38(49)39(50)42(35)55-41)54-32-20-9-7-18-28(32)29-19-8-10-21-33(29)54/h1-23H. The van der Waals surface area contributed by atoms with E-state index in [2.05, 4.69) is 36.4 Å². The van der Waals surface area contributed by atoms with Gasteiger partial charge in [-0.1, -0.05) is 143 Å². The number of hydrogen-bond donors (Lipinski definition) is 0. The maximum atomic E-state index is 7.19. The normalized spacial score (nSPS) is 11.6. The third kappa shape index (κ3) is 5.19. The topological polar surface area (TPSA) is 56.7 Å². The molecule has 0 amide bonds. The summed E-state index contributed by atoms with van der Waals surface area (Å²) in [5.74, 6) is 1.28. The second-order valence-electron chi connectivity index (χ2n) is 13.5. The highest BCUT2D eigenvalue weighted by atomic mass is 16.3. The second kappa shape index (κ2) is 12.8. The molecule has 0 aliphatic carbocycles. The lowest BCUT2D eigenvalue weighted by Gasteiger charge is -2.19. The van der Waals surface area contributed by atoms with Gasteiger partial charge in [-0.25, -0.2) is 15.0 Å². The van der Waals surface area contributed by atoms with Crippen molar-refractivity contribution in [1.82, 2.24) is 19.5 Å². The van der Waals surface area contributed by atoms with Crippen LogP contribution in [0.2, 0.25) is 0 Å². The first-order valence-corrected chi connectivity index (χ1v) is 17.7. The number of furan rings is 1. The molecule has 0 saturated carbocycles. The smallest absolute Gasteiger partial charge is 0.167 e. The Hall–Kier alpha value is -6.53. The second-order valence-corrected chi connectivity index (χ2v) is 13.5. The lowest BCUT2D eigenvalue weighted by molar-refractivity contribution is 0.672. The predicted molar refractivity (Wildman–Crippen MR) is 230 cm³/mol. The fraction of sp³-hybridized carbons (Fsp3) is 0. The molecule has 0 fully saturated rings. The van der Waals surface area contributed by atoms with Crippen LogP contribution in [0.5, 0.6) is 0 Å². The minimum Gasteiger partial charge on any atom is -0.456 e. The van der Waals surface area contributed by atoms with Gasteiger partial charge in [-0.05, 0) is 29.3 Å². The summed E-state index contributed by atoms with van der Waals surface area (Å²) in [7, 11) is 34.5. The van der Waals surface area contributed by atoms with Crippen molar-refractivity contribution in [2.24, 2.45) is 0 Å². The minimum absolute atomic E-state index is 0.222. The van der Waals surface area contributed by atoms with Crippen LogP contribution in [-0.4, -0.2) is 58.8 Å². The van der Waals surface area contributed by atoms with E-state index in [-0.39, 0.29) is 16.4 Å². The van der Waals surface area contributed by atoms with Gasteiger partial charge in [0.15, 0.2) is 17.5 Å². The molecule has 0 bridgehead atoms. The quantitative estimate of drug-likeness (QED) is 0.224. The van der Waals surface area contributed by atoms with Crippen LogP contribution in [0.3, 0.4) is 0 Å². The van der Waals surface area contributed by atoms with Gasteiger partial charge in [0.05, 0.1) is 16.6 Å². The van der Waals surface area contributed by atoms with E-state index in [1.807, 2.05) is 102 Å². The van der Waals surface area contributed by atoms with E-state index in [1.54, 1.807) is 6.07 Å². The van der Waals surface area contributed by atoms with Crippen LogP contribution in [-0.2, 0) is 0 Å². The summed E-state index contributed by atoms with van der Waals surface area (Å²) in [5, 5.41) is 3.09. The molecule has 0 N–H and O–H groups in total. The molecule has 3 aromatic heterocycles. The van der Waals surface area contributed by atoms with Crippen molar-refractivity contribution in [2.45, 2.75) is 0 Å². The molecule has 0 unspecified atom stereocenters. The van der Waals surface area contributed by atoms with Crippen LogP contribution in [0.25, 0.3) is 94.7 Å². The lowest BCUT2D eigenvalue weighted by atomic mass is 9.71. The zero-order valence-corrected chi connectivity index (χ0v) is 29.4. The van der Waals surface area contributed by atoms with E-state index in [0.717, 1.165) is 44.1 Å². The van der Waals surface area contributed by atoms with Gasteiger partial charge in [-0.15, -0.1) is 5.46 Å². The highest BCUT2D eigenvalue weighted by Crippen LogP contribution is 2.36. The number of para-hydroxylation sites is 2. The molecule has 10 radical (unpaired) electrons. The summed E-state index contributed by atoms with van der Waals surface area (Å²) >= 11 is 0. The molecule has 0 spiro atoms. The number of hydrogen-bond acceptors (Lipinski definition) is 4. The van der Waals surface area contributed by atoms with Crippen LogP contribution in [0.4, 0.5) is 0 Å². The van der Waals surface area contributed by atoms with Crippen molar-refractivity contribution in [3.8, 4) is 51.0 Å². The first-order chi connectivity index (χ1) is 26.9. The molecule has 0 aliphatic rings. The van der Waals surface area contributed by atoms with E-state index >= 15 is 0 Å². The summed E-state index contributed by atoms with van der Waals surface area (Å²) in [5.41, 5.74) is 8.67. The van der Waals surface area contributed by atoms with Gasteiger partial charge in [0.2, 0.25) is 0 Å². The van der Waals surface area contributed by atoms with Crippen LogP contribution in [0, 0.1) is 0 Å². The Bertz CT molecular complexity index is 3110. The molecular formula is C45H23B5N4O. The fourth-order valence-electron chi connectivity index (χ4n) is 7.66. The Labute approximate surface area is 323 Å². The lowest BCUT2D eigenvalue weighted by Crippen LogP contribution is -2.37. The molecule has 244 valence electrons. The maximum absolute atomic E-state index is 7.19. The van der Waals surface area contributed by atoms with E-state index in [9.17, 15) is 0 Å². The first kappa shape index (κ1) is 33.1. The fourth-order valence-corrected chi connectivity index (χ4v) is 7.66. The Balaban J connectivity index is 1.25. The monoisotopic (exact) mass is 690 g/mol. The predicted octanol–water partition coefficient (Wildman–Crippen LogP) is 5.51. The SMILES string of the molecule is [B]c1cc(-c2nc(-c3ccccc3)nc(-c3cccc(-c4ccccc4)c3)n2)c2oc3c([B])c([B])c(-n4c5ccccc5c5ccccc54)c([B])c3c2c1[B]. The molecule has 3 heterocycles. The molecule has 7 aromatic carbocycles. The van der Waals surface area contributed by atoms with Crippen LogP contribution in [0.15, 0.2) is 144 Å². The largest absolute Gasteiger partial charge is 0.456 e. The minimum atomic E-state index is 0.222. The summed E-state index contributed by atoms with van der Waals surface area (Å²) in [6.45, 7) is 0. The Morgan fingerprint density at radius 2 is 0.945 bits per heavy atom. The van der Waals surface area contributed by atoms with Gasteiger partial charge >= 0.3 is 0 Å². The summed E-state index contributed by atoms with van der Waals surface area (Å²) in [4.78, 5) is 15.0. The van der Waals surface area contributed by atoms with Crippen molar-refractivity contribution in [3.63, 3.8) is 0 Å². The van der Waals surface area contributed by atoms with Gasteiger partial charge in [0.1, 0.15) is 50.4 Å². The van der Waals surface area contributed by atoms with Gasteiger partial charge < -0.3 is 8.98 Å². The van der Waals surface area contributed by atoms with Crippen molar-refractivity contribution >= 4 is 110 Å². The average Bonchev–Trinajstić information content (AvgIpc) is 3.80. The molecule has 0 aliphatic heterocycles. The van der Waals surface area contributed by atoms with Crippen molar-refractivity contribution in [1.29, 1.82) is 0 Å². The number of nitrogens with zero attached hydrogens (tertiary/aromatic N) is 4. The van der Waals surface area contributed by atoms with E-state index in [4.69, 9.17) is 58.6 Å². The number of rotatable bonds is 5. The van der Waals surface area contributed by atoms with Crippen molar-refractivity contribution < 1.29 is 4.42 Å². The molecule has 10 aromatic rings. The average molecular weight is 690 g/mol. The molecule has 0 atom stereocenters. The zero-order chi connectivity index (χ0) is 37.4. The van der Waals surface area contributed by atoms with Crippen LogP contribution < -0.4 is 27.3 Å². The van der Waals surface area contributed by atoms with Gasteiger partial charge in [-0.3, -0.25) is 0 Å². The maximum Gasteiger partial charge on any atom is 0.167 e. The highest BCUT2D eigenvalue weighted by molar-refractivity contribution is 6.62. The first-order valence-electron chi connectivity index (χ1n) is 17.7. The Morgan fingerprint density at radius 3 is 1.62 bits per heavy atom. The van der Waals surface area contributed by atoms with Crippen molar-refractivity contribution in [2.75, 3.05) is 0 Å². The number of fused-ring (bicyclic) bond motifs is 6. The van der Waals surface area contributed by atoms with E-state index in [1.165, 1.54) is 0 Å². The van der Waals surface area contributed by atoms with Crippen LogP contribution in [0.1, 0.15) is 0 Å². The number of benzene rings is 7. The van der Waals surface area contributed by atoms with Gasteiger partial charge in [-0.2, -0.15) is 0 Å². The summed E-state index contributed by atoms with van der Waals surface area (Å²) in [6.07, 6.45) is 0. The number of aromatic nitrogens is 4. The Kier molecular flexibility index (Phi) is 7.70. The molecular weight excluding hydrogens is 667 g/mol. The van der Waals surface area contributed by atoms with Crippen LogP contribution >= 0.6 is 0 Å². The highest BCUT2D eigenvalue weighted by Gasteiger charge is 2.25.